The first-order valence-electron chi connectivity index (χ1n) is 8.60. The molecule has 4 N–H and O–H groups in total. The molecule has 0 heterocycles. The van der Waals surface area contributed by atoms with Crippen molar-refractivity contribution in [1.82, 2.24) is 20.4 Å². The molecule has 10 heteroatoms. The van der Waals surface area contributed by atoms with E-state index in [1.165, 1.54) is 14.1 Å². The molecule has 0 aromatic heterocycles. The van der Waals surface area contributed by atoms with Crippen molar-refractivity contribution in [2.24, 2.45) is 11.8 Å². The average Bonchev–Trinajstić information content (AvgIpc) is 2.56. The van der Waals surface area contributed by atoms with Crippen molar-refractivity contribution in [2.75, 3.05) is 40.3 Å². The van der Waals surface area contributed by atoms with E-state index in [2.05, 4.69) is 10.6 Å². The third kappa shape index (κ3) is 8.04. The maximum Gasteiger partial charge on any atom is 0.323 e. The summed E-state index contributed by atoms with van der Waals surface area (Å²) in [6, 6.07) is -0.837. The highest BCUT2D eigenvalue weighted by atomic mass is 16.4. The van der Waals surface area contributed by atoms with Crippen molar-refractivity contribution in [3.63, 3.8) is 0 Å². The Balaban J connectivity index is 2.33. The second-order valence-corrected chi connectivity index (χ2v) is 6.77. The third-order valence-electron chi connectivity index (χ3n) is 4.41. The first-order chi connectivity index (χ1) is 12.2. The van der Waals surface area contributed by atoms with Gasteiger partial charge in [0.15, 0.2) is 0 Å². The topological polar surface area (TPSA) is 139 Å². The van der Waals surface area contributed by atoms with Crippen LogP contribution in [0.15, 0.2) is 0 Å². The van der Waals surface area contributed by atoms with Gasteiger partial charge in [0.2, 0.25) is 0 Å². The summed E-state index contributed by atoms with van der Waals surface area (Å²) < 4.78 is 0. The number of rotatable bonds is 8. The highest BCUT2D eigenvalue weighted by Gasteiger charge is 2.24. The molecule has 1 rings (SSSR count). The van der Waals surface area contributed by atoms with Crippen molar-refractivity contribution < 1.29 is 29.4 Å². The molecule has 0 radical (unpaired) electrons. The number of carboxylic acids is 2. The number of carbonyl (C=O) groups is 4. The Bertz CT molecular complexity index is 483. The molecule has 0 aromatic carbocycles. The van der Waals surface area contributed by atoms with Crippen LogP contribution in [0.2, 0.25) is 0 Å². The predicted octanol–water partition coefficient (Wildman–Crippen LogP) is 0.245. The van der Waals surface area contributed by atoms with Crippen molar-refractivity contribution in [3.05, 3.63) is 0 Å². The molecule has 0 spiro atoms. The molecule has 0 aliphatic heterocycles. The summed E-state index contributed by atoms with van der Waals surface area (Å²) in [5.41, 5.74) is 0. The molecule has 1 saturated carbocycles. The van der Waals surface area contributed by atoms with Crippen LogP contribution < -0.4 is 10.6 Å². The quantitative estimate of drug-likeness (QED) is 0.481. The van der Waals surface area contributed by atoms with Gasteiger partial charge in [-0.25, -0.2) is 9.59 Å². The Morgan fingerprint density at radius 2 is 1.23 bits per heavy atom. The van der Waals surface area contributed by atoms with Gasteiger partial charge in [0.1, 0.15) is 13.1 Å². The third-order valence-corrected chi connectivity index (χ3v) is 4.41. The summed E-state index contributed by atoms with van der Waals surface area (Å²) in [4.78, 5) is 47.1. The minimum atomic E-state index is -1.07. The smallest absolute Gasteiger partial charge is 0.323 e. The second kappa shape index (κ2) is 10.5. The number of amides is 4. The summed E-state index contributed by atoms with van der Waals surface area (Å²) in [5.74, 6) is -1.60. The van der Waals surface area contributed by atoms with Crippen LogP contribution in [-0.4, -0.2) is 84.3 Å². The van der Waals surface area contributed by atoms with Gasteiger partial charge in [-0.1, -0.05) is 6.42 Å². The van der Waals surface area contributed by atoms with Crippen LogP contribution in [0, 0.1) is 11.8 Å². The molecule has 0 aromatic rings. The van der Waals surface area contributed by atoms with Gasteiger partial charge in [-0.15, -0.1) is 0 Å². The fraction of sp³-hybridized carbons (Fsp3) is 0.750. The number of nitrogens with one attached hydrogen (secondary N) is 2. The molecule has 148 valence electrons. The van der Waals surface area contributed by atoms with E-state index in [-0.39, 0.29) is 24.9 Å². The van der Waals surface area contributed by atoms with Gasteiger partial charge < -0.3 is 30.6 Å². The molecular formula is C16H28N4O6. The zero-order chi connectivity index (χ0) is 19.7. The highest BCUT2D eigenvalue weighted by Crippen LogP contribution is 2.28. The number of hydrogen-bond donors (Lipinski definition) is 4. The second-order valence-electron chi connectivity index (χ2n) is 6.77. The van der Waals surface area contributed by atoms with Crippen LogP contribution in [0.25, 0.3) is 0 Å². The predicted molar refractivity (Wildman–Crippen MR) is 92.8 cm³/mol. The van der Waals surface area contributed by atoms with Gasteiger partial charge in [0.05, 0.1) is 0 Å². The van der Waals surface area contributed by atoms with Crippen LogP contribution in [0.3, 0.4) is 0 Å². The zero-order valence-corrected chi connectivity index (χ0v) is 15.2. The number of urea groups is 2. The number of carboxylic acid groups (broad SMARTS) is 2. The van der Waals surface area contributed by atoms with Crippen LogP contribution in [0.1, 0.15) is 25.7 Å². The van der Waals surface area contributed by atoms with Crippen LogP contribution in [0.4, 0.5) is 9.59 Å². The standard InChI is InChI=1S/C16H28N4O6/c1-19(9-13(21)22)15(25)17-7-11-4-3-5-12(6-11)8-18-16(26)20(2)10-14(23)24/h11-12H,3-10H2,1-2H3,(H,17,25)(H,18,26)(H,21,22)(H,23,24)/t11-,12+. The number of carbonyl (C=O) groups excluding carboxylic acids is 2. The number of hydrogen-bond acceptors (Lipinski definition) is 4. The summed E-state index contributed by atoms with van der Waals surface area (Å²) in [7, 11) is 2.85. The minimum absolute atomic E-state index is 0.268. The van der Waals surface area contributed by atoms with Gasteiger partial charge in [-0.2, -0.15) is 0 Å². The molecular weight excluding hydrogens is 344 g/mol. The zero-order valence-electron chi connectivity index (χ0n) is 15.2. The van der Waals surface area contributed by atoms with E-state index in [4.69, 9.17) is 10.2 Å². The first kappa shape index (κ1) is 21.5. The Hall–Kier alpha value is -2.52. The molecule has 0 unspecified atom stereocenters. The maximum atomic E-state index is 11.8. The van der Waals surface area contributed by atoms with E-state index in [1.807, 2.05) is 0 Å². The Kier molecular flexibility index (Phi) is 8.66. The van der Waals surface area contributed by atoms with E-state index < -0.39 is 24.0 Å². The highest BCUT2D eigenvalue weighted by molar-refractivity contribution is 5.80. The molecule has 1 aliphatic carbocycles. The molecule has 0 saturated heterocycles. The van der Waals surface area contributed by atoms with E-state index in [0.29, 0.717) is 13.1 Å². The lowest BCUT2D eigenvalue weighted by Gasteiger charge is -2.30. The number of nitrogens with zero attached hydrogens (tertiary/aromatic N) is 2. The van der Waals surface area contributed by atoms with Crippen LogP contribution in [-0.2, 0) is 9.59 Å². The van der Waals surface area contributed by atoms with Gasteiger partial charge in [0.25, 0.3) is 0 Å². The van der Waals surface area contributed by atoms with Crippen molar-refractivity contribution in [3.8, 4) is 0 Å². The summed E-state index contributed by atoms with van der Waals surface area (Å²) in [6.07, 6.45) is 3.75. The molecule has 0 bridgehead atoms. The number of aliphatic carboxylic acids is 2. The Labute approximate surface area is 152 Å². The molecule has 4 amide bonds. The van der Waals surface area contributed by atoms with E-state index >= 15 is 0 Å². The Morgan fingerprint density at radius 1 is 0.846 bits per heavy atom. The fourth-order valence-corrected chi connectivity index (χ4v) is 3.06. The van der Waals surface area contributed by atoms with Crippen molar-refractivity contribution >= 4 is 24.0 Å². The van der Waals surface area contributed by atoms with Gasteiger partial charge in [-0.3, -0.25) is 9.59 Å². The molecule has 10 nitrogen and oxygen atoms in total. The molecule has 1 fully saturated rings. The SMILES string of the molecule is CN(CC(=O)O)C(=O)NC[C@H]1CCC[C@@H](CNC(=O)N(C)CC(=O)O)C1. The summed E-state index contributed by atoms with van der Waals surface area (Å²) in [6.45, 7) is 0.225. The van der Waals surface area contributed by atoms with Gasteiger partial charge in [-0.05, 0) is 31.1 Å². The largest absolute Gasteiger partial charge is 0.480 e. The van der Waals surface area contributed by atoms with Crippen molar-refractivity contribution in [2.45, 2.75) is 25.7 Å². The number of likely N-dealkylation sites (N-methyl/N-ethyl adjacent to an activating group) is 2. The summed E-state index contributed by atoms with van der Waals surface area (Å²) >= 11 is 0. The Morgan fingerprint density at radius 3 is 1.58 bits per heavy atom. The fourth-order valence-electron chi connectivity index (χ4n) is 3.06. The van der Waals surface area contributed by atoms with Gasteiger partial charge >= 0.3 is 24.0 Å². The van der Waals surface area contributed by atoms with E-state index in [0.717, 1.165) is 35.5 Å². The van der Waals surface area contributed by atoms with E-state index in [9.17, 15) is 19.2 Å². The summed E-state index contributed by atoms with van der Waals surface area (Å²) in [5, 5.41) is 22.9. The van der Waals surface area contributed by atoms with Crippen LogP contribution >= 0.6 is 0 Å². The minimum Gasteiger partial charge on any atom is -0.480 e. The maximum absolute atomic E-state index is 11.8. The first-order valence-corrected chi connectivity index (χ1v) is 8.60. The van der Waals surface area contributed by atoms with Gasteiger partial charge in [0, 0.05) is 27.2 Å². The lowest BCUT2D eigenvalue weighted by Crippen LogP contribution is -2.44. The monoisotopic (exact) mass is 372 g/mol. The average molecular weight is 372 g/mol. The lowest BCUT2D eigenvalue weighted by atomic mass is 9.81. The van der Waals surface area contributed by atoms with Crippen molar-refractivity contribution in [1.29, 1.82) is 0 Å². The molecule has 2 atom stereocenters. The van der Waals surface area contributed by atoms with Crippen LogP contribution in [0.5, 0.6) is 0 Å². The lowest BCUT2D eigenvalue weighted by molar-refractivity contribution is -0.138. The molecule has 1 aliphatic rings. The van der Waals surface area contributed by atoms with E-state index in [1.54, 1.807) is 0 Å². The normalized spacial score (nSPS) is 19.3. The molecule has 26 heavy (non-hydrogen) atoms.